The monoisotopic (exact) mass is 361 g/mol. The van der Waals surface area contributed by atoms with Gasteiger partial charge in [0.05, 0.1) is 10.9 Å². The zero-order chi connectivity index (χ0) is 18.7. The van der Waals surface area contributed by atoms with Gasteiger partial charge in [-0.2, -0.15) is 4.68 Å². The first-order valence-electron chi connectivity index (χ1n) is 8.57. The lowest BCUT2D eigenvalue weighted by Crippen LogP contribution is -2.45. The van der Waals surface area contributed by atoms with Crippen LogP contribution in [0, 0.1) is 13.8 Å². The van der Waals surface area contributed by atoms with Gasteiger partial charge >= 0.3 is 0 Å². The smallest absolute Gasteiger partial charge is 0.236 e. The molecule has 1 aromatic heterocycles. The first-order chi connectivity index (χ1) is 11.7. The van der Waals surface area contributed by atoms with Gasteiger partial charge in [0.15, 0.2) is 0 Å². The summed E-state index contributed by atoms with van der Waals surface area (Å²) in [5.74, 6) is 0.102. The number of nitrogens with zero attached hydrogens (tertiary/aromatic N) is 5. The van der Waals surface area contributed by atoms with Crippen LogP contribution < -0.4 is 0 Å². The molecule has 0 unspecified atom stereocenters. The fourth-order valence-electron chi connectivity index (χ4n) is 2.87. The highest BCUT2D eigenvalue weighted by molar-refractivity contribution is 8.00. The van der Waals surface area contributed by atoms with Crippen LogP contribution in [0.4, 0.5) is 0 Å². The summed E-state index contributed by atoms with van der Waals surface area (Å²) in [6.07, 6.45) is 0. The van der Waals surface area contributed by atoms with Gasteiger partial charge in [0.2, 0.25) is 11.1 Å². The van der Waals surface area contributed by atoms with Crippen molar-refractivity contribution in [1.82, 2.24) is 25.1 Å². The van der Waals surface area contributed by atoms with Crippen molar-refractivity contribution in [3.05, 3.63) is 29.3 Å². The minimum absolute atomic E-state index is 0.102. The van der Waals surface area contributed by atoms with Crippen LogP contribution in [0.25, 0.3) is 5.69 Å². The van der Waals surface area contributed by atoms with Crippen molar-refractivity contribution in [3.63, 3.8) is 0 Å². The van der Waals surface area contributed by atoms with E-state index < -0.39 is 0 Å². The van der Waals surface area contributed by atoms with Crippen molar-refractivity contribution in [1.29, 1.82) is 0 Å². The number of rotatable bonds is 6. The Bertz CT molecular complexity index is 733. The van der Waals surface area contributed by atoms with Gasteiger partial charge in [-0.25, -0.2) is 0 Å². The number of aryl methyl sites for hydroxylation is 2. The molecule has 1 amide bonds. The van der Waals surface area contributed by atoms with Gasteiger partial charge in [0, 0.05) is 12.1 Å². The molecule has 0 aliphatic carbocycles. The minimum Gasteiger partial charge on any atom is -0.337 e. The Morgan fingerprint density at radius 1 is 1.12 bits per heavy atom. The highest BCUT2D eigenvalue weighted by atomic mass is 32.2. The molecule has 1 aromatic carbocycles. The van der Waals surface area contributed by atoms with Gasteiger partial charge in [-0.05, 0) is 76.1 Å². The number of amides is 1. The van der Waals surface area contributed by atoms with E-state index in [1.165, 1.54) is 11.8 Å². The second-order valence-corrected chi connectivity index (χ2v) is 8.16. The van der Waals surface area contributed by atoms with Crippen LogP contribution in [0.1, 0.15) is 45.7 Å². The molecule has 1 heterocycles. The topological polar surface area (TPSA) is 63.9 Å². The molecule has 2 rings (SSSR count). The largest absolute Gasteiger partial charge is 0.337 e. The Balaban J connectivity index is 2.26. The normalized spacial score (nSPS) is 12.7. The number of thioether (sulfide) groups is 1. The summed E-state index contributed by atoms with van der Waals surface area (Å²) in [5, 5.41) is 12.4. The summed E-state index contributed by atoms with van der Waals surface area (Å²) in [6, 6.07) is 6.48. The van der Waals surface area contributed by atoms with Crippen molar-refractivity contribution in [2.45, 2.75) is 71.0 Å². The van der Waals surface area contributed by atoms with Gasteiger partial charge in [-0.3, -0.25) is 4.79 Å². The van der Waals surface area contributed by atoms with E-state index in [0.29, 0.717) is 5.16 Å². The predicted molar refractivity (Wildman–Crippen MR) is 101 cm³/mol. The molecule has 2 aromatic rings. The Hall–Kier alpha value is -1.89. The number of carbonyl (C=O) groups is 1. The summed E-state index contributed by atoms with van der Waals surface area (Å²) < 4.78 is 1.71. The van der Waals surface area contributed by atoms with Crippen molar-refractivity contribution in [3.8, 4) is 5.69 Å². The molecule has 0 saturated heterocycles. The standard InChI is InChI=1S/C18H27N5OS/c1-11(2)22(12(3)4)17(24)15(7)25-18-19-20-21-23(18)16-10-13(5)8-9-14(16)6/h8-12,15H,1-7H3/t15-/m1/s1. The molecular formula is C18H27N5OS. The van der Waals surface area contributed by atoms with Gasteiger partial charge in [0.1, 0.15) is 0 Å². The molecule has 0 saturated carbocycles. The van der Waals surface area contributed by atoms with E-state index in [4.69, 9.17) is 0 Å². The molecule has 6 nitrogen and oxygen atoms in total. The zero-order valence-corrected chi connectivity index (χ0v) is 16.8. The molecule has 0 spiro atoms. The molecular weight excluding hydrogens is 334 g/mol. The van der Waals surface area contributed by atoms with Crippen LogP contribution in [-0.4, -0.2) is 48.3 Å². The lowest BCUT2D eigenvalue weighted by atomic mass is 10.1. The van der Waals surface area contributed by atoms with E-state index >= 15 is 0 Å². The van der Waals surface area contributed by atoms with Crippen LogP contribution in [0.5, 0.6) is 0 Å². The molecule has 25 heavy (non-hydrogen) atoms. The zero-order valence-electron chi connectivity index (χ0n) is 16.0. The van der Waals surface area contributed by atoms with Crippen molar-refractivity contribution in [2.75, 3.05) is 0 Å². The summed E-state index contributed by atoms with van der Waals surface area (Å²) >= 11 is 1.39. The Kier molecular flexibility index (Phi) is 6.21. The molecule has 0 aliphatic rings. The highest BCUT2D eigenvalue weighted by Gasteiger charge is 2.27. The van der Waals surface area contributed by atoms with E-state index in [1.54, 1.807) is 4.68 Å². The first-order valence-corrected chi connectivity index (χ1v) is 9.45. The minimum atomic E-state index is -0.264. The summed E-state index contributed by atoms with van der Waals surface area (Å²) in [5.41, 5.74) is 3.17. The SMILES string of the molecule is Cc1ccc(C)c(-n2nnnc2S[C@H](C)C(=O)N(C(C)C)C(C)C)c1. The van der Waals surface area contributed by atoms with E-state index in [-0.39, 0.29) is 23.2 Å². The van der Waals surface area contributed by atoms with E-state index in [9.17, 15) is 4.79 Å². The predicted octanol–water partition coefficient (Wildman–Crippen LogP) is 3.41. The first kappa shape index (κ1) is 19.4. The van der Waals surface area contributed by atoms with Crippen LogP contribution in [-0.2, 0) is 4.79 Å². The third-order valence-electron chi connectivity index (χ3n) is 4.03. The Labute approximate surface area is 154 Å². The van der Waals surface area contributed by atoms with E-state index in [0.717, 1.165) is 16.8 Å². The number of hydrogen-bond acceptors (Lipinski definition) is 5. The van der Waals surface area contributed by atoms with Gasteiger partial charge in [-0.1, -0.05) is 23.9 Å². The fourth-order valence-corrected chi connectivity index (χ4v) is 3.73. The highest BCUT2D eigenvalue weighted by Crippen LogP contribution is 2.26. The van der Waals surface area contributed by atoms with Gasteiger partial charge in [0.25, 0.3) is 0 Å². The number of hydrogen-bond donors (Lipinski definition) is 0. The Morgan fingerprint density at radius 2 is 1.76 bits per heavy atom. The summed E-state index contributed by atoms with van der Waals surface area (Å²) in [4.78, 5) is 14.8. The van der Waals surface area contributed by atoms with Crippen LogP contribution in [0.3, 0.4) is 0 Å². The number of tetrazole rings is 1. The number of aromatic nitrogens is 4. The van der Waals surface area contributed by atoms with Crippen molar-refractivity contribution in [2.24, 2.45) is 0 Å². The molecule has 136 valence electrons. The third-order valence-corrected chi connectivity index (χ3v) is 5.05. The maximum absolute atomic E-state index is 12.8. The van der Waals surface area contributed by atoms with Gasteiger partial charge < -0.3 is 4.90 Å². The quantitative estimate of drug-likeness (QED) is 0.738. The van der Waals surface area contributed by atoms with E-state index in [2.05, 4.69) is 33.7 Å². The van der Waals surface area contributed by atoms with Crippen LogP contribution in [0.2, 0.25) is 0 Å². The van der Waals surface area contributed by atoms with Gasteiger partial charge in [-0.15, -0.1) is 5.10 Å². The number of benzene rings is 1. The molecule has 0 radical (unpaired) electrons. The third kappa shape index (κ3) is 4.39. The van der Waals surface area contributed by atoms with E-state index in [1.807, 2.05) is 53.4 Å². The second kappa shape index (κ2) is 7.99. The maximum atomic E-state index is 12.8. The molecule has 1 atom stereocenters. The summed E-state index contributed by atoms with van der Waals surface area (Å²) in [7, 11) is 0. The second-order valence-electron chi connectivity index (χ2n) is 6.86. The molecule has 0 aliphatic heterocycles. The van der Waals surface area contributed by atoms with Crippen LogP contribution in [0.15, 0.2) is 23.4 Å². The Morgan fingerprint density at radius 3 is 2.36 bits per heavy atom. The lowest BCUT2D eigenvalue weighted by Gasteiger charge is -2.32. The molecule has 7 heteroatoms. The van der Waals surface area contributed by atoms with Crippen molar-refractivity contribution < 1.29 is 4.79 Å². The lowest BCUT2D eigenvalue weighted by molar-refractivity contribution is -0.133. The fraction of sp³-hybridized carbons (Fsp3) is 0.556. The maximum Gasteiger partial charge on any atom is 0.236 e. The summed E-state index contributed by atoms with van der Waals surface area (Å²) in [6.45, 7) is 14.1. The molecule has 0 bridgehead atoms. The molecule has 0 N–H and O–H groups in total. The van der Waals surface area contributed by atoms with Crippen molar-refractivity contribution >= 4 is 17.7 Å². The average Bonchev–Trinajstić information content (AvgIpc) is 2.96. The molecule has 0 fully saturated rings. The van der Waals surface area contributed by atoms with Crippen LogP contribution >= 0.6 is 11.8 Å². The number of carbonyl (C=O) groups excluding carboxylic acids is 1. The average molecular weight is 362 g/mol.